The Labute approximate surface area is 153 Å². The molecule has 1 atom stereocenters. The van der Waals surface area contributed by atoms with Crippen LogP contribution in [0.3, 0.4) is 0 Å². The molecule has 1 aromatic carbocycles. The summed E-state index contributed by atoms with van der Waals surface area (Å²) in [5.41, 5.74) is 1.55. The first-order valence-corrected chi connectivity index (χ1v) is 8.77. The molecule has 2 aromatic rings. The van der Waals surface area contributed by atoms with Crippen LogP contribution in [0.15, 0.2) is 46.5 Å². The van der Waals surface area contributed by atoms with E-state index in [1.165, 1.54) is 4.57 Å². The average molecular weight is 375 g/mol. The Bertz CT molecular complexity index is 997. The van der Waals surface area contributed by atoms with Crippen LogP contribution >= 0.6 is 11.3 Å². The van der Waals surface area contributed by atoms with Crippen LogP contribution in [-0.4, -0.2) is 29.4 Å². The predicted octanol–water partition coefficient (Wildman–Crippen LogP) is 2.66. The molecule has 1 aromatic heterocycles. The van der Waals surface area contributed by atoms with E-state index in [9.17, 15) is 14.4 Å². The van der Waals surface area contributed by atoms with Gasteiger partial charge in [0.15, 0.2) is 5.70 Å². The lowest BCUT2D eigenvalue weighted by Crippen LogP contribution is -2.21. The van der Waals surface area contributed by atoms with Crippen LogP contribution in [0.4, 0.5) is 0 Å². The molecule has 0 radical (unpaired) electrons. The Balaban J connectivity index is 2.03. The highest BCUT2D eigenvalue weighted by molar-refractivity contribution is 7.16. The van der Waals surface area contributed by atoms with Crippen molar-refractivity contribution in [1.29, 1.82) is 0 Å². The van der Waals surface area contributed by atoms with Gasteiger partial charge in [0.25, 0.3) is 6.29 Å². The van der Waals surface area contributed by atoms with Gasteiger partial charge in [0.05, 0.1) is 16.8 Å². The van der Waals surface area contributed by atoms with Crippen LogP contribution in [0.2, 0.25) is 0 Å². The number of benzene rings is 1. The number of hydrogen-bond donors (Lipinski definition) is 0. The predicted molar refractivity (Wildman–Crippen MR) is 96.3 cm³/mol. The maximum Gasteiger partial charge on any atom is 0.358 e. The van der Waals surface area contributed by atoms with Crippen LogP contribution in [0, 0.1) is 0 Å². The highest BCUT2D eigenvalue weighted by atomic mass is 32.1. The van der Waals surface area contributed by atoms with E-state index < -0.39 is 18.2 Å². The number of carbonyl (C=O) groups excluding carboxylic acids is 2. The van der Waals surface area contributed by atoms with E-state index in [0.29, 0.717) is 16.7 Å². The largest absolute Gasteiger partial charge is 0.461 e. The van der Waals surface area contributed by atoms with Crippen molar-refractivity contribution < 1.29 is 23.8 Å². The summed E-state index contributed by atoms with van der Waals surface area (Å²) in [6, 6.07) is 7.09. The molecule has 1 aliphatic heterocycles. The molecule has 136 valence electrons. The van der Waals surface area contributed by atoms with Crippen LogP contribution in [-0.2, 0) is 23.8 Å². The lowest BCUT2D eigenvalue weighted by Gasteiger charge is -2.13. The van der Waals surface area contributed by atoms with Crippen molar-refractivity contribution in [2.24, 2.45) is 0 Å². The second-order valence-corrected chi connectivity index (χ2v) is 6.57. The van der Waals surface area contributed by atoms with E-state index in [0.717, 1.165) is 22.3 Å². The number of para-hydroxylation sites is 1. The number of hydrogen-bond acceptors (Lipinski definition) is 7. The Morgan fingerprint density at radius 1 is 1.31 bits per heavy atom. The van der Waals surface area contributed by atoms with Gasteiger partial charge in [0.1, 0.15) is 6.26 Å². The first kappa shape index (κ1) is 17.9. The first-order chi connectivity index (χ1) is 12.4. The summed E-state index contributed by atoms with van der Waals surface area (Å²) >= 11 is 1.01. The molecule has 26 heavy (non-hydrogen) atoms. The highest BCUT2D eigenvalue weighted by Gasteiger charge is 2.30. The Hall–Kier alpha value is -2.87. The Morgan fingerprint density at radius 2 is 2.04 bits per heavy atom. The molecule has 0 bridgehead atoms. The minimum Gasteiger partial charge on any atom is -0.461 e. The molecule has 1 unspecified atom stereocenters. The van der Waals surface area contributed by atoms with Crippen molar-refractivity contribution in [3.05, 3.63) is 51.3 Å². The normalized spacial score (nSPS) is 17.6. The number of rotatable bonds is 5. The zero-order valence-electron chi connectivity index (χ0n) is 14.5. The summed E-state index contributed by atoms with van der Waals surface area (Å²) in [5, 5.41) is 0. The maximum atomic E-state index is 12.4. The van der Waals surface area contributed by atoms with Crippen molar-refractivity contribution in [2.45, 2.75) is 27.1 Å². The summed E-state index contributed by atoms with van der Waals surface area (Å²) in [4.78, 5) is 36.1. The third-order valence-electron chi connectivity index (χ3n) is 3.98. The van der Waals surface area contributed by atoms with Crippen molar-refractivity contribution in [2.75, 3.05) is 6.61 Å². The molecule has 8 heteroatoms. The molecule has 0 amide bonds. The summed E-state index contributed by atoms with van der Waals surface area (Å²) in [5.74, 6) is -1.18. The number of esters is 2. The fourth-order valence-electron chi connectivity index (χ4n) is 2.46. The van der Waals surface area contributed by atoms with Gasteiger partial charge < -0.3 is 14.2 Å². The van der Waals surface area contributed by atoms with E-state index in [-0.39, 0.29) is 17.2 Å². The smallest absolute Gasteiger partial charge is 0.358 e. The number of ether oxygens (including phenoxy) is 3. The third-order valence-corrected chi connectivity index (χ3v) is 4.90. The molecule has 3 rings (SSSR count). The third kappa shape index (κ3) is 3.15. The van der Waals surface area contributed by atoms with Crippen molar-refractivity contribution in [1.82, 2.24) is 4.57 Å². The van der Waals surface area contributed by atoms with Crippen molar-refractivity contribution >= 4 is 39.2 Å². The fourth-order valence-corrected chi connectivity index (χ4v) is 3.35. The summed E-state index contributed by atoms with van der Waals surface area (Å²) < 4.78 is 17.6. The van der Waals surface area contributed by atoms with Gasteiger partial charge in [-0.05, 0) is 32.9 Å². The Kier molecular flexibility index (Phi) is 4.94. The number of nitrogens with zero attached hydrogens (tertiary/aromatic N) is 1. The summed E-state index contributed by atoms with van der Waals surface area (Å²) in [6.07, 6.45) is 0.172. The minimum absolute atomic E-state index is 0.0808. The highest BCUT2D eigenvalue weighted by Crippen LogP contribution is 2.25. The van der Waals surface area contributed by atoms with Gasteiger partial charge in [0.2, 0.25) is 0 Å². The fraction of sp³-hybridized carbons (Fsp3) is 0.278. The van der Waals surface area contributed by atoms with E-state index in [1.807, 2.05) is 6.07 Å². The monoisotopic (exact) mass is 375 g/mol. The van der Waals surface area contributed by atoms with Gasteiger partial charge in [-0.3, -0.25) is 9.36 Å². The minimum atomic E-state index is -0.937. The number of cyclic esters (lactones) is 1. The molecule has 0 fully saturated rings. The summed E-state index contributed by atoms with van der Waals surface area (Å²) in [6.45, 7) is 5.14. The zero-order chi connectivity index (χ0) is 18.8. The lowest BCUT2D eigenvalue weighted by atomic mass is 10.2. The quantitative estimate of drug-likeness (QED) is 0.454. The average Bonchev–Trinajstić information content (AvgIpc) is 3.07. The topological polar surface area (TPSA) is 83.8 Å². The number of carbonyl (C=O) groups is 2. The second kappa shape index (κ2) is 7.17. The lowest BCUT2D eigenvalue weighted by molar-refractivity contribution is -0.152. The van der Waals surface area contributed by atoms with E-state index in [2.05, 4.69) is 0 Å². The second-order valence-electron chi connectivity index (χ2n) is 5.58. The molecule has 0 aliphatic carbocycles. The van der Waals surface area contributed by atoms with Gasteiger partial charge >= 0.3 is 16.8 Å². The molecule has 1 aliphatic rings. The van der Waals surface area contributed by atoms with Gasteiger partial charge in [-0.15, -0.1) is 0 Å². The molecular weight excluding hydrogens is 358 g/mol. The van der Waals surface area contributed by atoms with Gasteiger partial charge in [-0.1, -0.05) is 23.5 Å². The molecule has 0 N–H and O–H groups in total. The zero-order valence-corrected chi connectivity index (χ0v) is 15.3. The number of fused-ring (bicyclic) bond motifs is 1. The van der Waals surface area contributed by atoms with Crippen LogP contribution in [0.5, 0.6) is 0 Å². The summed E-state index contributed by atoms with van der Waals surface area (Å²) in [7, 11) is 0. The first-order valence-electron chi connectivity index (χ1n) is 7.96. The molecule has 0 saturated heterocycles. The van der Waals surface area contributed by atoms with Crippen molar-refractivity contribution in [3.63, 3.8) is 0 Å². The van der Waals surface area contributed by atoms with E-state index >= 15 is 0 Å². The van der Waals surface area contributed by atoms with E-state index in [1.54, 1.807) is 39.0 Å². The number of aromatic nitrogens is 1. The molecule has 7 nitrogen and oxygen atoms in total. The standard InChI is InChI=1S/C18H17NO6S/c1-4-23-16(21)13(9-24-17-11(3)10(2)15(20)25-17)19-12-7-5-6-8-14(12)26-18(19)22/h5-9,17H,4H2,1-3H3/b13-9-. The van der Waals surface area contributed by atoms with E-state index in [4.69, 9.17) is 14.2 Å². The van der Waals surface area contributed by atoms with Gasteiger partial charge in [-0.2, -0.15) is 0 Å². The molecule has 0 saturated carbocycles. The van der Waals surface area contributed by atoms with Crippen molar-refractivity contribution in [3.8, 4) is 0 Å². The van der Waals surface area contributed by atoms with Crippen LogP contribution in [0.1, 0.15) is 20.8 Å². The van der Waals surface area contributed by atoms with Crippen LogP contribution in [0.25, 0.3) is 15.9 Å². The van der Waals surface area contributed by atoms with Crippen LogP contribution < -0.4 is 4.87 Å². The Morgan fingerprint density at radius 3 is 2.69 bits per heavy atom. The molecule has 0 spiro atoms. The molecule has 2 heterocycles. The SMILES string of the molecule is CCOC(=O)/C(=C/OC1OC(=O)C(C)=C1C)n1c(=O)sc2ccccc21. The van der Waals surface area contributed by atoms with Gasteiger partial charge in [-0.25, -0.2) is 9.59 Å². The maximum absolute atomic E-state index is 12.4. The number of thiazole rings is 1. The van der Waals surface area contributed by atoms with Gasteiger partial charge in [0, 0.05) is 11.1 Å². The molecular formula is C18H17NO6S.